The van der Waals surface area contributed by atoms with Crippen LogP contribution in [0.2, 0.25) is 0 Å². The van der Waals surface area contributed by atoms with Gasteiger partial charge in [0.2, 0.25) is 11.8 Å². The molecule has 190 valence electrons. The molecule has 2 amide bonds. The number of rotatable bonds is 5. The summed E-state index contributed by atoms with van der Waals surface area (Å²) in [5, 5.41) is 20.8. The van der Waals surface area contributed by atoms with Crippen molar-refractivity contribution in [2.45, 2.75) is 42.5 Å². The van der Waals surface area contributed by atoms with E-state index in [1.54, 1.807) is 37.7 Å². The molecule has 1 saturated heterocycles. The number of likely N-dealkylation sites (tertiary alicyclic amines) is 1. The van der Waals surface area contributed by atoms with Gasteiger partial charge >= 0.3 is 10.8 Å². The van der Waals surface area contributed by atoms with Crippen molar-refractivity contribution in [3.05, 3.63) is 38.3 Å². The zero-order valence-corrected chi connectivity index (χ0v) is 21.5. The van der Waals surface area contributed by atoms with Crippen LogP contribution in [0.25, 0.3) is 0 Å². The Bertz CT molecular complexity index is 1350. The fourth-order valence-corrected chi connectivity index (χ4v) is 10.2. The number of carbonyl (C=O) groups is 3. The molecule has 3 fully saturated rings. The van der Waals surface area contributed by atoms with Crippen molar-refractivity contribution >= 4 is 40.9 Å². The van der Waals surface area contributed by atoms with Gasteiger partial charge in [-0.25, -0.2) is 4.79 Å². The third-order valence-electron chi connectivity index (χ3n) is 8.48. The standard InChI is InChI=1S/C25H26N2O7S2/c1-8(2)18(24(31)32)27-22(29)16-10-7-11(17(16)23(27)30)19-15(10)14(20-21(35-19)26-25(33)36-20)9-4-5-12(28)13(6-9)34-3/h4-6,8,10-11,14-19,28H,7H2,1-3H3,(H,26,33)(H,31,32)/t10-,11+,14+,15+,16+,17+,18-,19-/m1/s1. The number of aliphatic carboxylic acids is 1. The number of phenolic OH excluding ortho intramolecular Hbond substituents is 1. The van der Waals surface area contributed by atoms with Gasteiger partial charge in [-0.2, -0.15) is 0 Å². The number of thioether (sulfide) groups is 1. The Morgan fingerprint density at radius 3 is 2.50 bits per heavy atom. The van der Waals surface area contributed by atoms with Crippen LogP contribution < -0.4 is 9.61 Å². The van der Waals surface area contributed by atoms with Crippen molar-refractivity contribution in [2.75, 3.05) is 7.11 Å². The number of carboxylic acids is 1. The van der Waals surface area contributed by atoms with Crippen molar-refractivity contribution in [3.8, 4) is 11.5 Å². The first-order chi connectivity index (χ1) is 17.1. The van der Waals surface area contributed by atoms with E-state index in [4.69, 9.17) is 4.74 Å². The van der Waals surface area contributed by atoms with Crippen LogP contribution >= 0.6 is 23.1 Å². The molecule has 0 spiro atoms. The summed E-state index contributed by atoms with van der Waals surface area (Å²) in [4.78, 5) is 56.4. The quantitative estimate of drug-likeness (QED) is 0.502. The largest absolute Gasteiger partial charge is 0.504 e. The predicted molar refractivity (Wildman–Crippen MR) is 131 cm³/mol. The van der Waals surface area contributed by atoms with E-state index in [1.165, 1.54) is 7.11 Å². The summed E-state index contributed by atoms with van der Waals surface area (Å²) in [5.74, 6) is -3.49. The number of aromatic amines is 1. The number of carbonyl (C=O) groups excluding carboxylic acids is 2. The highest BCUT2D eigenvalue weighted by Gasteiger charge is 2.70. The Kier molecular flexibility index (Phi) is 5.31. The summed E-state index contributed by atoms with van der Waals surface area (Å²) in [6.07, 6.45) is 0.716. The number of thiazole rings is 1. The molecule has 9 nitrogen and oxygen atoms in total. The summed E-state index contributed by atoms with van der Waals surface area (Å²) in [7, 11) is 1.48. The topological polar surface area (TPSA) is 137 Å². The summed E-state index contributed by atoms with van der Waals surface area (Å²) in [6.45, 7) is 3.42. The van der Waals surface area contributed by atoms with Gasteiger partial charge in [0.25, 0.3) is 0 Å². The Labute approximate surface area is 214 Å². The van der Waals surface area contributed by atoms with Gasteiger partial charge in [-0.05, 0) is 47.8 Å². The number of benzene rings is 1. The molecule has 3 N–H and O–H groups in total. The molecule has 4 aliphatic rings. The highest BCUT2D eigenvalue weighted by Crippen LogP contribution is 2.68. The van der Waals surface area contributed by atoms with Gasteiger partial charge in [0, 0.05) is 16.0 Å². The van der Waals surface area contributed by atoms with Crippen LogP contribution in [-0.4, -0.2) is 56.3 Å². The number of nitrogens with one attached hydrogen (secondary N) is 1. The Morgan fingerprint density at radius 2 is 1.86 bits per heavy atom. The van der Waals surface area contributed by atoms with Crippen LogP contribution in [0.3, 0.4) is 0 Å². The second-order valence-corrected chi connectivity index (χ2v) is 12.7. The van der Waals surface area contributed by atoms with Gasteiger partial charge in [-0.15, -0.1) is 11.8 Å². The molecule has 2 aromatic rings. The molecule has 2 aliphatic carbocycles. The number of hydrogen-bond acceptors (Lipinski definition) is 8. The van der Waals surface area contributed by atoms with Crippen LogP contribution in [0.15, 0.2) is 28.0 Å². The second-order valence-electron chi connectivity index (χ2n) is 10.5. The number of hydrogen-bond donors (Lipinski definition) is 3. The summed E-state index contributed by atoms with van der Waals surface area (Å²) < 4.78 is 5.35. The maximum atomic E-state index is 13.7. The monoisotopic (exact) mass is 530 g/mol. The number of methoxy groups -OCH3 is 1. The van der Waals surface area contributed by atoms with Crippen molar-refractivity contribution in [1.82, 2.24) is 9.88 Å². The lowest BCUT2D eigenvalue weighted by Gasteiger charge is -2.43. The second kappa shape index (κ2) is 8.11. The highest BCUT2D eigenvalue weighted by atomic mass is 32.2. The maximum absolute atomic E-state index is 13.7. The van der Waals surface area contributed by atoms with Crippen LogP contribution in [0.1, 0.15) is 36.6 Å². The summed E-state index contributed by atoms with van der Waals surface area (Å²) >= 11 is 2.73. The minimum Gasteiger partial charge on any atom is -0.504 e. The zero-order chi connectivity index (χ0) is 25.6. The molecule has 1 aromatic carbocycles. The predicted octanol–water partition coefficient (Wildman–Crippen LogP) is 2.73. The van der Waals surface area contributed by atoms with E-state index < -0.39 is 29.8 Å². The van der Waals surface area contributed by atoms with E-state index in [1.807, 2.05) is 6.07 Å². The van der Waals surface area contributed by atoms with Gasteiger partial charge in [-0.3, -0.25) is 19.3 Å². The number of fused-ring (bicyclic) bond motifs is 9. The van der Waals surface area contributed by atoms with Gasteiger partial charge in [0.15, 0.2) is 11.5 Å². The summed E-state index contributed by atoms with van der Waals surface area (Å²) in [5.41, 5.74) is 0.875. The number of phenols is 1. The van der Waals surface area contributed by atoms with E-state index in [0.29, 0.717) is 12.2 Å². The first-order valence-corrected chi connectivity index (χ1v) is 13.7. The first-order valence-electron chi connectivity index (χ1n) is 12.0. The fraction of sp³-hybridized carbons (Fsp3) is 0.520. The molecule has 1 aromatic heterocycles. The van der Waals surface area contributed by atoms with Crippen LogP contribution in [0, 0.1) is 35.5 Å². The molecule has 2 bridgehead atoms. The molecule has 8 atom stereocenters. The SMILES string of the molecule is COc1cc([C@@H]2c3sc(=O)[nH]c3S[C@@H]3[C@H]4C[C@@H]([C@@H]5C(=O)N([C@@H](C(=O)O)C(C)C)C(=O)[C@@H]45)[C@@H]23)ccc1O. The van der Waals surface area contributed by atoms with Crippen molar-refractivity contribution in [3.63, 3.8) is 0 Å². The Morgan fingerprint density at radius 1 is 1.17 bits per heavy atom. The first kappa shape index (κ1) is 23.6. The average molecular weight is 531 g/mol. The summed E-state index contributed by atoms with van der Waals surface area (Å²) in [6, 6.07) is 3.99. The molecule has 0 unspecified atom stereocenters. The van der Waals surface area contributed by atoms with Crippen LogP contribution in [0.4, 0.5) is 0 Å². The fourth-order valence-electron chi connectivity index (χ4n) is 7.27. The number of aromatic nitrogens is 1. The van der Waals surface area contributed by atoms with E-state index in [9.17, 15) is 29.4 Å². The number of H-pyrrole nitrogens is 1. The van der Waals surface area contributed by atoms with Gasteiger partial charge in [-0.1, -0.05) is 31.3 Å². The number of imide groups is 1. The van der Waals surface area contributed by atoms with Gasteiger partial charge in [0.05, 0.1) is 24.0 Å². The lowest BCUT2D eigenvalue weighted by atomic mass is 9.68. The van der Waals surface area contributed by atoms with Gasteiger partial charge in [0.1, 0.15) is 6.04 Å². The smallest absolute Gasteiger partial charge is 0.327 e. The molecule has 11 heteroatoms. The van der Waals surface area contributed by atoms with Crippen LogP contribution in [-0.2, 0) is 14.4 Å². The van der Waals surface area contributed by atoms with Crippen molar-refractivity contribution in [2.24, 2.45) is 35.5 Å². The number of amides is 2. The third kappa shape index (κ3) is 3.08. The minimum atomic E-state index is -1.18. The lowest BCUT2D eigenvalue weighted by molar-refractivity contribution is -0.157. The molecule has 3 heterocycles. The third-order valence-corrected chi connectivity index (χ3v) is 11.1. The number of ether oxygens (including phenoxy) is 1. The normalized spacial score (nSPS) is 33.0. The Hall–Kier alpha value is -2.79. The molecule has 2 aliphatic heterocycles. The number of nitrogens with zero attached hydrogens (tertiary/aromatic N) is 1. The number of aromatic hydroxyl groups is 1. The van der Waals surface area contributed by atoms with Crippen LogP contribution in [0.5, 0.6) is 11.5 Å². The van der Waals surface area contributed by atoms with E-state index >= 15 is 0 Å². The van der Waals surface area contributed by atoms with Gasteiger partial charge < -0.3 is 19.9 Å². The van der Waals surface area contributed by atoms with E-state index in [2.05, 4.69) is 4.98 Å². The lowest BCUT2D eigenvalue weighted by Crippen LogP contribution is -2.49. The number of carboxylic acid groups (broad SMARTS) is 1. The zero-order valence-electron chi connectivity index (χ0n) is 19.8. The maximum Gasteiger partial charge on any atom is 0.327 e. The molecule has 0 radical (unpaired) electrons. The highest BCUT2D eigenvalue weighted by molar-refractivity contribution is 8.00. The molecule has 2 saturated carbocycles. The van der Waals surface area contributed by atoms with E-state index in [0.717, 1.165) is 31.7 Å². The Balaban J connectivity index is 1.45. The van der Waals surface area contributed by atoms with E-state index in [-0.39, 0.29) is 51.4 Å². The molecule has 6 rings (SSSR count). The van der Waals surface area contributed by atoms with Crippen molar-refractivity contribution < 1.29 is 29.3 Å². The van der Waals surface area contributed by atoms with Crippen molar-refractivity contribution in [1.29, 1.82) is 0 Å². The minimum absolute atomic E-state index is 0.00201. The molecule has 36 heavy (non-hydrogen) atoms. The molecular formula is C25H26N2O7S2. The molecular weight excluding hydrogens is 504 g/mol. The average Bonchev–Trinajstić information content (AvgIpc) is 3.54.